The van der Waals surface area contributed by atoms with Gasteiger partial charge in [-0.1, -0.05) is 140 Å². The van der Waals surface area contributed by atoms with Crippen molar-refractivity contribution in [3.8, 4) is 39.9 Å². The summed E-state index contributed by atoms with van der Waals surface area (Å²) in [5.74, 6) is 1.95. The molecule has 0 spiro atoms. The van der Waals surface area contributed by atoms with Crippen molar-refractivity contribution in [2.24, 2.45) is 0 Å². The quantitative estimate of drug-likeness (QED) is 0.145. The highest BCUT2D eigenvalue weighted by Crippen LogP contribution is 2.41. The largest absolute Gasteiger partial charge is 0.309 e. The Bertz CT molecular complexity index is 2870. The predicted octanol–water partition coefficient (Wildman–Crippen LogP) is 11.4. The summed E-state index contributed by atoms with van der Waals surface area (Å²) in [7, 11) is 0. The van der Waals surface area contributed by atoms with Crippen LogP contribution in [0.1, 0.15) is 0 Å². The summed E-state index contributed by atoms with van der Waals surface area (Å²) in [6.07, 6.45) is 0. The highest BCUT2D eigenvalue weighted by Gasteiger charge is 2.21. The summed E-state index contributed by atoms with van der Waals surface area (Å²) in [4.78, 5) is 15.9. The van der Waals surface area contributed by atoms with Crippen LogP contribution in [0.2, 0.25) is 0 Å². The molecule has 0 bridgehead atoms. The van der Waals surface area contributed by atoms with Crippen LogP contribution in [0, 0.1) is 0 Å². The van der Waals surface area contributed by atoms with E-state index >= 15 is 0 Å². The molecule has 0 saturated carbocycles. The lowest BCUT2D eigenvalue weighted by Gasteiger charge is -2.15. The first-order valence-electron chi connectivity index (χ1n) is 16.5. The van der Waals surface area contributed by atoms with Crippen LogP contribution in [0.15, 0.2) is 170 Å². The van der Waals surface area contributed by atoms with Crippen molar-refractivity contribution in [2.75, 3.05) is 0 Å². The van der Waals surface area contributed by atoms with E-state index < -0.39 is 0 Å². The molecule has 0 atom stereocenters. The molecule has 0 aliphatic rings. The fourth-order valence-corrected chi connectivity index (χ4v) is 7.45. The highest BCUT2D eigenvalue weighted by atomic mass is 15.0. The van der Waals surface area contributed by atoms with Gasteiger partial charge in [0.1, 0.15) is 0 Å². The minimum absolute atomic E-state index is 0.645. The number of rotatable bonds is 4. The van der Waals surface area contributed by atoms with Crippen LogP contribution in [-0.2, 0) is 0 Å². The van der Waals surface area contributed by atoms with Crippen LogP contribution >= 0.6 is 0 Å². The Labute approximate surface area is 282 Å². The van der Waals surface area contributed by atoms with Crippen molar-refractivity contribution in [1.82, 2.24) is 19.5 Å². The first kappa shape index (κ1) is 27.5. The van der Waals surface area contributed by atoms with E-state index in [1.807, 2.05) is 18.2 Å². The molecule has 4 heteroatoms. The number of para-hydroxylation sites is 2. The van der Waals surface area contributed by atoms with Gasteiger partial charge in [0, 0.05) is 33.2 Å². The van der Waals surface area contributed by atoms with Gasteiger partial charge in [0.05, 0.1) is 11.0 Å². The first-order valence-corrected chi connectivity index (χ1v) is 16.5. The molecule has 0 unspecified atom stereocenters. The summed E-state index contributed by atoms with van der Waals surface area (Å²) in [6.45, 7) is 0. The van der Waals surface area contributed by atoms with Gasteiger partial charge in [-0.15, -0.1) is 0 Å². The van der Waals surface area contributed by atoms with E-state index in [-0.39, 0.29) is 0 Å². The first-order chi connectivity index (χ1) is 24.3. The summed E-state index contributed by atoms with van der Waals surface area (Å²) >= 11 is 0. The second-order valence-electron chi connectivity index (χ2n) is 12.4. The van der Waals surface area contributed by atoms with Crippen LogP contribution in [0.3, 0.4) is 0 Å². The Morgan fingerprint density at radius 3 is 1.84 bits per heavy atom. The summed E-state index contributed by atoms with van der Waals surface area (Å²) in [5.41, 5.74) is 6.29. The third kappa shape index (κ3) is 4.35. The van der Waals surface area contributed by atoms with Gasteiger partial charge >= 0.3 is 0 Å². The molecule has 0 radical (unpaired) electrons. The fraction of sp³-hybridized carbons (Fsp3) is 0. The van der Waals surface area contributed by atoms with Gasteiger partial charge in [-0.25, -0.2) is 15.0 Å². The maximum absolute atomic E-state index is 5.39. The maximum atomic E-state index is 5.39. The second-order valence-corrected chi connectivity index (χ2v) is 12.4. The lowest BCUT2D eigenvalue weighted by Crippen LogP contribution is -2.01. The topological polar surface area (TPSA) is 43.6 Å². The van der Waals surface area contributed by atoms with Crippen LogP contribution in [-0.4, -0.2) is 19.5 Å². The van der Waals surface area contributed by atoms with Crippen molar-refractivity contribution < 1.29 is 0 Å². The van der Waals surface area contributed by atoms with E-state index in [0.29, 0.717) is 17.5 Å². The number of hydrogen-bond acceptors (Lipinski definition) is 3. The number of fused-ring (bicyclic) bond motifs is 7. The SMILES string of the molecule is c1ccc(-c2nc(-c3c4ccccc4cc4c3ccc3ccccc34)nc(-c3cccc4c3c3ccccc3n4-c3ccccc3)n2)cc1. The van der Waals surface area contributed by atoms with Gasteiger partial charge in [-0.3, -0.25) is 0 Å². The van der Waals surface area contributed by atoms with Gasteiger partial charge in [0.15, 0.2) is 17.5 Å². The Morgan fingerprint density at radius 2 is 1.00 bits per heavy atom. The minimum Gasteiger partial charge on any atom is -0.309 e. The minimum atomic E-state index is 0.645. The zero-order valence-corrected chi connectivity index (χ0v) is 26.5. The summed E-state index contributed by atoms with van der Waals surface area (Å²) in [5, 5.41) is 9.25. The molecule has 2 heterocycles. The van der Waals surface area contributed by atoms with Crippen molar-refractivity contribution in [2.45, 2.75) is 0 Å². The van der Waals surface area contributed by atoms with Crippen LogP contribution in [0.5, 0.6) is 0 Å². The zero-order valence-electron chi connectivity index (χ0n) is 26.5. The fourth-order valence-electron chi connectivity index (χ4n) is 7.45. The Hall–Kier alpha value is -6.65. The van der Waals surface area contributed by atoms with E-state index in [4.69, 9.17) is 15.0 Å². The lowest BCUT2D eigenvalue weighted by molar-refractivity contribution is 1.08. The molecular weight excluding hydrogens is 597 g/mol. The lowest BCUT2D eigenvalue weighted by atomic mass is 9.93. The molecule has 10 aromatic rings. The Balaban J connectivity index is 1.32. The predicted molar refractivity (Wildman–Crippen MR) is 203 cm³/mol. The van der Waals surface area contributed by atoms with Gasteiger partial charge in [0.25, 0.3) is 0 Å². The molecule has 4 nitrogen and oxygen atoms in total. The van der Waals surface area contributed by atoms with E-state index in [0.717, 1.165) is 60.3 Å². The van der Waals surface area contributed by atoms with Crippen LogP contribution in [0.4, 0.5) is 0 Å². The standard InChI is InChI=1S/C45H28N4/c1-3-15-30(16-4-1)43-46-44(37-23-13-25-40-41(37)36-22-11-12-24-39(36)49(40)32-18-5-2-6-19-32)48-45(47-43)42-34-21-10-8-17-31(34)28-38-33-20-9-7-14-29(33)26-27-35(38)42/h1-28H. The molecular formula is C45H28N4. The Morgan fingerprint density at radius 1 is 0.367 bits per heavy atom. The third-order valence-corrected chi connectivity index (χ3v) is 9.61. The molecule has 0 N–H and O–H groups in total. The van der Waals surface area contributed by atoms with Gasteiger partial charge in [-0.05, 0) is 62.6 Å². The van der Waals surface area contributed by atoms with E-state index in [2.05, 4.69) is 156 Å². The summed E-state index contributed by atoms with van der Waals surface area (Å²) in [6, 6.07) is 59.7. The van der Waals surface area contributed by atoms with Crippen molar-refractivity contribution in [3.63, 3.8) is 0 Å². The number of aromatic nitrogens is 4. The second kappa shape index (κ2) is 11.0. The van der Waals surface area contributed by atoms with E-state index in [9.17, 15) is 0 Å². The molecule has 0 fully saturated rings. The average molecular weight is 625 g/mol. The van der Waals surface area contributed by atoms with Crippen molar-refractivity contribution in [3.05, 3.63) is 170 Å². The highest BCUT2D eigenvalue weighted by molar-refractivity contribution is 6.20. The smallest absolute Gasteiger partial charge is 0.165 e. The zero-order chi connectivity index (χ0) is 32.3. The van der Waals surface area contributed by atoms with Crippen molar-refractivity contribution >= 4 is 54.1 Å². The third-order valence-electron chi connectivity index (χ3n) is 9.61. The molecule has 2 aromatic heterocycles. The number of nitrogens with zero attached hydrogens (tertiary/aromatic N) is 4. The maximum Gasteiger partial charge on any atom is 0.165 e. The number of hydrogen-bond donors (Lipinski definition) is 0. The molecule has 0 aliphatic carbocycles. The van der Waals surface area contributed by atoms with E-state index in [1.165, 1.54) is 16.2 Å². The number of benzene rings is 8. The average Bonchev–Trinajstić information content (AvgIpc) is 3.52. The molecule has 0 aliphatic heterocycles. The Kier molecular flexibility index (Phi) is 6.15. The van der Waals surface area contributed by atoms with Crippen molar-refractivity contribution in [1.29, 1.82) is 0 Å². The van der Waals surface area contributed by atoms with E-state index in [1.54, 1.807) is 0 Å². The van der Waals surface area contributed by atoms with Crippen LogP contribution in [0.25, 0.3) is 94.0 Å². The monoisotopic (exact) mass is 624 g/mol. The molecule has 0 amide bonds. The normalized spacial score (nSPS) is 11.7. The van der Waals surface area contributed by atoms with Gasteiger partial charge in [0.2, 0.25) is 0 Å². The van der Waals surface area contributed by atoms with Gasteiger partial charge < -0.3 is 4.57 Å². The molecule has 10 rings (SSSR count). The molecule has 0 saturated heterocycles. The molecule has 49 heavy (non-hydrogen) atoms. The molecule has 8 aromatic carbocycles. The summed E-state index contributed by atoms with van der Waals surface area (Å²) < 4.78 is 2.33. The van der Waals surface area contributed by atoms with Crippen LogP contribution < -0.4 is 0 Å². The van der Waals surface area contributed by atoms with Gasteiger partial charge in [-0.2, -0.15) is 0 Å². The molecule has 228 valence electrons.